The Balaban J connectivity index is 0.000000343. The van der Waals surface area contributed by atoms with Gasteiger partial charge in [0.25, 0.3) is 5.91 Å². The number of aliphatic carboxylic acids is 1. The van der Waals surface area contributed by atoms with Crippen LogP contribution in [0.25, 0.3) is 10.9 Å². The standard InChI is InChI=1S/C19H18F3NO4.C8H5ClFN.C3H8/c20-19(21,22)27-16-9-5-14(6-10-16)2-1-13-3-7-15(8-4-13)18(26)23-12-11-17(24)25;9-6-3-5-1-2-11-8(5)7(10)4-6;1-3-2/h3-10H,1-2,11-12H2,(H,23,26)(H,24,25);1-4,11H;3H2,1-2H3. The molecule has 0 aliphatic rings. The SMILES string of the molecule is CCC.Fc1cc(Cl)cc2cc[nH]c12.O=C(O)CCNC(=O)c1ccc(CCc2ccc(OC(F)(F)F)cc2)cc1. The van der Waals surface area contributed by atoms with Crippen LogP contribution >= 0.6 is 11.6 Å². The highest BCUT2D eigenvalue weighted by Crippen LogP contribution is 2.23. The lowest BCUT2D eigenvalue weighted by molar-refractivity contribution is -0.274. The van der Waals surface area contributed by atoms with Gasteiger partial charge in [-0.15, -0.1) is 13.2 Å². The van der Waals surface area contributed by atoms with E-state index in [1.165, 1.54) is 24.6 Å². The number of fused-ring (bicyclic) bond motifs is 1. The van der Waals surface area contributed by atoms with Gasteiger partial charge in [-0.05, 0) is 66.4 Å². The number of aromatic nitrogens is 1. The van der Waals surface area contributed by atoms with E-state index in [4.69, 9.17) is 16.7 Å². The first-order valence-corrected chi connectivity index (χ1v) is 13.1. The Morgan fingerprint density at radius 2 is 1.51 bits per heavy atom. The van der Waals surface area contributed by atoms with Crippen LogP contribution in [0.2, 0.25) is 5.02 Å². The van der Waals surface area contributed by atoms with E-state index < -0.39 is 12.3 Å². The molecule has 0 saturated carbocycles. The van der Waals surface area contributed by atoms with Crippen molar-refractivity contribution < 1.29 is 37.0 Å². The monoisotopic (exact) mass is 594 g/mol. The van der Waals surface area contributed by atoms with Gasteiger partial charge in [-0.2, -0.15) is 0 Å². The number of nitrogens with one attached hydrogen (secondary N) is 2. The lowest BCUT2D eigenvalue weighted by Gasteiger charge is -2.09. The number of aromatic amines is 1. The molecular formula is C30H31ClF4N2O4. The van der Waals surface area contributed by atoms with Crippen molar-refractivity contribution in [3.63, 3.8) is 0 Å². The molecule has 41 heavy (non-hydrogen) atoms. The van der Waals surface area contributed by atoms with E-state index >= 15 is 0 Å². The third kappa shape index (κ3) is 12.3. The number of rotatable bonds is 8. The summed E-state index contributed by atoms with van der Waals surface area (Å²) in [5.41, 5.74) is 2.76. The smallest absolute Gasteiger partial charge is 0.481 e. The predicted octanol–water partition coefficient (Wildman–Crippen LogP) is 7.95. The first kappa shape index (κ1) is 33.2. The van der Waals surface area contributed by atoms with E-state index in [0.29, 0.717) is 28.9 Å². The normalized spacial score (nSPS) is 10.6. The molecule has 4 rings (SSSR count). The van der Waals surface area contributed by atoms with Crippen molar-refractivity contribution >= 4 is 34.4 Å². The summed E-state index contributed by atoms with van der Waals surface area (Å²) in [6.07, 6.45) is -0.638. The van der Waals surface area contributed by atoms with Gasteiger partial charge in [-0.1, -0.05) is 56.1 Å². The summed E-state index contributed by atoms with van der Waals surface area (Å²) in [4.78, 5) is 25.1. The van der Waals surface area contributed by atoms with Crippen LogP contribution < -0.4 is 10.1 Å². The first-order chi connectivity index (χ1) is 19.4. The molecule has 0 saturated heterocycles. The van der Waals surface area contributed by atoms with Crippen molar-refractivity contribution in [1.82, 2.24) is 10.3 Å². The van der Waals surface area contributed by atoms with Gasteiger partial charge < -0.3 is 20.1 Å². The Morgan fingerprint density at radius 3 is 2.05 bits per heavy atom. The van der Waals surface area contributed by atoms with Gasteiger partial charge in [-0.3, -0.25) is 9.59 Å². The van der Waals surface area contributed by atoms with Gasteiger partial charge in [0.15, 0.2) is 0 Å². The number of carboxylic acid groups (broad SMARTS) is 1. The van der Waals surface area contributed by atoms with E-state index in [0.717, 1.165) is 16.5 Å². The van der Waals surface area contributed by atoms with Gasteiger partial charge in [0.05, 0.1) is 11.9 Å². The largest absolute Gasteiger partial charge is 0.573 e. The average molecular weight is 595 g/mol. The highest BCUT2D eigenvalue weighted by atomic mass is 35.5. The minimum Gasteiger partial charge on any atom is -0.481 e. The van der Waals surface area contributed by atoms with Gasteiger partial charge in [-0.25, -0.2) is 4.39 Å². The highest BCUT2D eigenvalue weighted by molar-refractivity contribution is 6.31. The zero-order valence-electron chi connectivity index (χ0n) is 22.5. The second-order valence-electron chi connectivity index (χ2n) is 8.82. The first-order valence-electron chi connectivity index (χ1n) is 12.8. The molecule has 0 unspecified atom stereocenters. The second-order valence-corrected chi connectivity index (χ2v) is 9.26. The minimum atomic E-state index is -4.71. The Labute approximate surface area is 240 Å². The van der Waals surface area contributed by atoms with Crippen molar-refractivity contribution in [1.29, 1.82) is 0 Å². The number of halogens is 5. The molecule has 3 N–H and O–H groups in total. The number of carbonyl (C=O) groups excluding carboxylic acids is 1. The van der Waals surface area contributed by atoms with E-state index in [1.807, 2.05) is 0 Å². The van der Waals surface area contributed by atoms with Crippen molar-refractivity contribution in [2.24, 2.45) is 0 Å². The quantitative estimate of drug-likeness (QED) is 0.181. The molecule has 220 valence electrons. The van der Waals surface area contributed by atoms with Crippen molar-refractivity contribution in [2.75, 3.05) is 6.54 Å². The van der Waals surface area contributed by atoms with Crippen LogP contribution in [-0.4, -0.2) is 34.9 Å². The van der Waals surface area contributed by atoms with E-state index in [-0.39, 0.29) is 30.4 Å². The molecule has 0 radical (unpaired) electrons. The van der Waals surface area contributed by atoms with Crippen molar-refractivity contribution in [3.8, 4) is 5.75 Å². The number of alkyl halides is 3. The lowest BCUT2D eigenvalue weighted by atomic mass is 10.0. The maximum absolute atomic E-state index is 13.0. The molecule has 0 aliphatic carbocycles. The van der Waals surface area contributed by atoms with Crippen molar-refractivity contribution in [3.05, 3.63) is 100 Å². The summed E-state index contributed by atoms with van der Waals surface area (Å²) >= 11 is 5.63. The fourth-order valence-corrected chi connectivity index (χ4v) is 3.66. The van der Waals surface area contributed by atoms with E-state index in [2.05, 4.69) is 28.9 Å². The molecule has 3 aromatic carbocycles. The topological polar surface area (TPSA) is 91.4 Å². The average Bonchev–Trinajstić information content (AvgIpc) is 3.37. The Kier molecular flexibility index (Phi) is 13.2. The predicted molar refractivity (Wildman–Crippen MR) is 151 cm³/mol. The Morgan fingerprint density at radius 1 is 0.951 bits per heavy atom. The van der Waals surface area contributed by atoms with Gasteiger partial charge in [0, 0.05) is 28.7 Å². The number of hydrogen-bond donors (Lipinski definition) is 3. The number of aryl methyl sites for hydroxylation is 2. The number of carbonyl (C=O) groups is 2. The summed E-state index contributed by atoms with van der Waals surface area (Å²) < 4.78 is 53.2. The molecule has 0 fully saturated rings. The molecule has 0 spiro atoms. The van der Waals surface area contributed by atoms with Gasteiger partial charge >= 0.3 is 12.3 Å². The number of benzene rings is 3. The fraction of sp³-hybridized carbons (Fsp3) is 0.267. The third-order valence-corrected chi connectivity index (χ3v) is 5.49. The summed E-state index contributed by atoms with van der Waals surface area (Å²) in [5.74, 6) is -1.89. The molecule has 1 amide bonds. The summed E-state index contributed by atoms with van der Waals surface area (Å²) in [7, 11) is 0. The molecule has 11 heteroatoms. The zero-order chi connectivity index (χ0) is 30.4. The molecule has 4 aromatic rings. The van der Waals surface area contributed by atoms with Crippen LogP contribution in [0.1, 0.15) is 48.2 Å². The zero-order valence-corrected chi connectivity index (χ0v) is 23.3. The molecule has 0 bridgehead atoms. The highest BCUT2D eigenvalue weighted by Gasteiger charge is 2.30. The Bertz CT molecular complexity index is 1390. The van der Waals surface area contributed by atoms with Crippen LogP contribution in [0, 0.1) is 5.82 Å². The number of hydrogen-bond acceptors (Lipinski definition) is 3. The molecule has 6 nitrogen and oxygen atoms in total. The molecule has 0 atom stereocenters. The maximum atomic E-state index is 13.0. The van der Waals surface area contributed by atoms with Crippen LogP contribution in [0.5, 0.6) is 5.75 Å². The van der Waals surface area contributed by atoms with Crippen LogP contribution in [0.3, 0.4) is 0 Å². The summed E-state index contributed by atoms with van der Waals surface area (Å²) in [6.45, 7) is 4.31. The molecular weight excluding hydrogens is 564 g/mol. The molecule has 1 heterocycles. The maximum Gasteiger partial charge on any atom is 0.573 e. The molecule has 0 aliphatic heterocycles. The summed E-state index contributed by atoms with van der Waals surface area (Å²) in [5, 5.41) is 12.3. The number of H-pyrrole nitrogens is 1. The van der Waals surface area contributed by atoms with Gasteiger partial charge in [0.1, 0.15) is 11.6 Å². The number of carboxylic acids is 1. The number of ether oxygens (including phenoxy) is 1. The van der Waals surface area contributed by atoms with E-state index in [9.17, 15) is 27.2 Å². The van der Waals surface area contributed by atoms with Crippen LogP contribution in [0.15, 0.2) is 72.9 Å². The Hall–Kier alpha value is -4.05. The fourth-order valence-electron chi connectivity index (χ4n) is 3.45. The molecule has 1 aromatic heterocycles. The van der Waals surface area contributed by atoms with Gasteiger partial charge in [0.2, 0.25) is 0 Å². The summed E-state index contributed by atoms with van der Waals surface area (Å²) in [6, 6.07) is 17.3. The minimum absolute atomic E-state index is 0.0595. The second kappa shape index (κ2) is 16.3. The van der Waals surface area contributed by atoms with E-state index in [1.54, 1.807) is 54.7 Å². The number of amides is 1. The third-order valence-electron chi connectivity index (χ3n) is 5.28. The van der Waals surface area contributed by atoms with Crippen molar-refractivity contribution in [2.45, 2.75) is 45.9 Å². The lowest BCUT2D eigenvalue weighted by Crippen LogP contribution is -2.25. The van der Waals surface area contributed by atoms with Crippen LogP contribution in [-0.2, 0) is 17.6 Å². The van der Waals surface area contributed by atoms with Crippen LogP contribution in [0.4, 0.5) is 17.6 Å².